The molecule has 0 fully saturated rings. The van der Waals surface area contributed by atoms with Gasteiger partial charge in [-0.2, -0.15) is 4.37 Å². The smallest absolute Gasteiger partial charge is 0.319 e. The number of aromatic nitrogens is 1. The van der Waals surface area contributed by atoms with E-state index in [1.165, 1.54) is 24.6 Å². The van der Waals surface area contributed by atoms with Crippen LogP contribution in [0.5, 0.6) is 0 Å². The van der Waals surface area contributed by atoms with Gasteiger partial charge in [0.25, 0.3) is 5.91 Å². The molecule has 1 heterocycles. The van der Waals surface area contributed by atoms with Crippen molar-refractivity contribution < 1.29 is 14.7 Å². The van der Waals surface area contributed by atoms with E-state index in [0.29, 0.717) is 10.0 Å². The van der Waals surface area contributed by atoms with Crippen molar-refractivity contribution in [1.82, 2.24) is 9.69 Å². The van der Waals surface area contributed by atoms with Gasteiger partial charge in [0.05, 0.1) is 6.10 Å². The third-order valence-electron chi connectivity index (χ3n) is 2.93. The standard InChI is InChI=1S/C14H24N4O3S2/c1-3-4-5-6-7-22-13-10(11(15)20)12(23-18-13)17-14(21)16-8-9(2)19/h9,19H,3-8H2,1-2H3,(H2,15,20)(H2,16,17,21). The first kappa shape index (κ1) is 19.7. The molecule has 0 saturated carbocycles. The van der Waals surface area contributed by atoms with Crippen LogP contribution in [0.2, 0.25) is 0 Å². The molecular weight excluding hydrogens is 336 g/mol. The minimum absolute atomic E-state index is 0.121. The first-order valence-corrected chi connectivity index (χ1v) is 9.36. The van der Waals surface area contributed by atoms with Gasteiger partial charge in [-0.3, -0.25) is 10.1 Å². The Morgan fingerprint density at radius 2 is 2.13 bits per heavy atom. The highest BCUT2D eigenvalue weighted by Gasteiger charge is 2.20. The van der Waals surface area contributed by atoms with E-state index in [0.717, 1.165) is 30.1 Å². The molecule has 0 bridgehead atoms. The number of primary amides is 1. The molecule has 0 aliphatic rings. The van der Waals surface area contributed by atoms with Crippen LogP contribution in [0.3, 0.4) is 0 Å². The molecule has 7 nitrogen and oxygen atoms in total. The van der Waals surface area contributed by atoms with Crippen molar-refractivity contribution in [1.29, 1.82) is 0 Å². The number of hydrogen-bond acceptors (Lipinski definition) is 6. The third kappa shape index (κ3) is 7.19. The lowest BCUT2D eigenvalue weighted by molar-refractivity contribution is 0.0998. The maximum absolute atomic E-state index is 11.7. The molecule has 3 amide bonds. The number of rotatable bonds is 10. The number of amides is 3. The topological polar surface area (TPSA) is 117 Å². The van der Waals surface area contributed by atoms with Crippen LogP contribution >= 0.6 is 23.3 Å². The Kier molecular flexibility index (Phi) is 8.97. The van der Waals surface area contributed by atoms with Gasteiger partial charge in [-0.05, 0) is 30.6 Å². The predicted molar refractivity (Wildman–Crippen MR) is 94.2 cm³/mol. The lowest BCUT2D eigenvalue weighted by atomic mass is 10.2. The summed E-state index contributed by atoms with van der Waals surface area (Å²) in [7, 11) is 0. The van der Waals surface area contributed by atoms with E-state index >= 15 is 0 Å². The van der Waals surface area contributed by atoms with E-state index in [1.54, 1.807) is 6.92 Å². The average molecular weight is 361 g/mol. The maximum Gasteiger partial charge on any atom is 0.319 e. The summed E-state index contributed by atoms with van der Waals surface area (Å²) in [5.74, 6) is 0.248. The summed E-state index contributed by atoms with van der Waals surface area (Å²) in [4.78, 5) is 23.4. The number of hydrogen-bond donors (Lipinski definition) is 4. The zero-order valence-electron chi connectivity index (χ0n) is 13.4. The Hall–Kier alpha value is -1.32. The highest BCUT2D eigenvalue weighted by atomic mass is 32.2. The van der Waals surface area contributed by atoms with Crippen LogP contribution in [-0.2, 0) is 0 Å². The normalized spacial score (nSPS) is 12.0. The summed E-state index contributed by atoms with van der Waals surface area (Å²) >= 11 is 2.51. The Balaban J connectivity index is 2.63. The second kappa shape index (κ2) is 10.5. The SMILES string of the molecule is CCCCCCSc1nsc(NC(=O)NCC(C)O)c1C(N)=O. The summed E-state index contributed by atoms with van der Waals surface area (Å²) in [5.41, 5.74) is 5.66. The fraction of sp³-hybridized carbons (Fsp3) is 0.643. The maximum atomic E-state index is 11.7. The quantitative estimate of drug-likeness (QED) is 0.377. The summed E-state index contributed by atoms with van der Waals surface area (Å²) in [6.07, 6.45) is 3.91. The number of unbranched alkanes of at least 4 members (excludes halogenated alkanes) is 3. The second-order valence-electron chi connectivity index (χ2n) is 5.15. The molecule has 0 radical (unpaired) electrons. The number of aliphatic hydroxyl groups is 1. The monoisotopic (exact) mass is 360 g/mol. The van der Waals surface area contributed by atoms with Gasteiger partial charge in [-0.25, -0.2) is 4.79 Å². The minimum Gasteiger partial charge on any atom is -0.392 e. The van der Waals surface area contributed by atoms with E-state index in [9.17, 15) is 9.59 Å². The number of carbonyl (C=O) groups excluding carboxylic acids is 2. The van der Waals surface area contributed by atoms with Crippen molar-refractivity contribution in [3.63, 3.8) is 0 Å². The van der Waals surface area contributed by atoms with Crippen LogP contribution in [0.4, 0.5) is 9.80 Å². The number of thioether (sulfide) groups is 1. The van der Waals surface area contributed by atoms with Gasteiger partial charge in [0, 0.05) is 6.54 Å². The van der Waals surface area contributed by atoms with Gasteiger partial charge in [0.2, 0.25) is 0 Å². The second-order valence-corrected chi connectivity index (χ2v) is 7.01. The Labute approximate surface area is 144 Å². The van der Waals surface area contributed by atoms with E-state index in [-0.39, 0.29) is 12.1 Å². The van der Waals surface area contributed by atoms with Crippen molar-refractivity contribution >= 4 is 40.2 Å². The molecule has 0 aromatic carbocycles. The lowest BCUT2D eigenvalue weighted by Crippen LogP contribution is -2.34. The Morgan fingerprint density at radius 3 is 2.74 bits per heavy atom. The van der Waals surface area contributed by atoms with Gasteiger partial charge >= 0.3 is 6.03 Å². The molecule has 130 valence electrons. The van der Waals surface area contributed by atoms with E-state index < -0.39 is 18.0 Å². The molecule has 1 rings (SSSR count). The zero-order chi connectivity index (χ0) is 17.2. The number of nitrogens with one attached hydrogen (secondary N) is 2. The van der Waals surface area contributed by atoms with Crippen LogP contribution in [0.15, 0.2) is 5.03 Å². The molecule has 0 aliphatic heterocycles. The molecule has 0 aliphatic carbocycles. The van der Waals surface area contributed by atoms with Crippen LogP contribution in [0.25, 0.3) is 0 Å². The van der Waals surface area contributed by atoms with Gasteiger partial charge in [0.15, 0.2) is 0 Å². The summed E-state index contributed by atoms with van der Waals surface area (Å²) in [6.45, 7) is 3.84. The van der Waals surface area contributed by atoms with Crippen molar-refractivity contribution in [3.8, 4) is 0 Å². The van der Waals surface area contributed by atoms with Crippen molar-refractivity contribution in [3.05, 3.63) is 5.56 Å². The number of nitrogens with zero attached hydrogens (tertiary/aromatic N) is 1. The first-order valence-electron chi connectivity index (χ1n) is 7.60. The van der Waals surface area contributed by atoms with Crippen molar-refractivity contribution in [2.75, 3.05) is 17.6 Å². The van der Waals surface area contributed by atoms with Gasteiger partial charge in [-0.15, -0.1) is 11.8 Å². The first-order chi connectivity index (χ1) is 11.0. The molecular formula is C14H24N4O3S2. The molecule has 1 atom stereocenters. The fourth-order valence-corrected chi connectivity index (χ4v) is 3.73. The zero-order valence-corrected chi connectivity index (χ0v) is 15.1. The Bertz CT molecular complexity index is 520. The molecule has 1 unspecified atom stereocenters. The number of aliphatic hydroxyl groups excluding tert-OH is 1. The molecule has 1 aromatic heterocycles. The van der Waals surface area contributed by atoms with E-state index in [1.807, 2.05) is 0 Å². The molecule has 23 heavy (non-hydrogen) atoms. The number of anilines is 1. The largest absolute Gasteiger partial charge is 0.392 e. The van der Waals surface area contributed by atoms with Crippen molar-refractivity contribution in [2.45, 2.75) is 50.7 Å². The van der Waals surface area contributed by atoms with Gasteiger partial charge < -0.3 is 16.2 Å². The molecule has 1 aromatic rings. The molecule has 0 spiro atoms. The summed E-state index contributed by atoms with van der Waals surface area (Å²) in [5, 5.41) is 15.1. The van der Waals surface area contributed by atoms with Crippen molar-refractivity contribution in [2.24, 2.45) is 5.73 Å². The third-order valence-corrected chi connectivity index (χ3v) is 4.87. The van der Waals surface area contributed by atoms with Gasteiger partial charge in [-0.1, -0.05) is 26.2 Å². The van der Waals surface area contributed by atoms with Crippen LogP contribution in [-0.4, -0.2) is 39.8 Å². The highest BCUT2D eigenvalue weighted by Crippen LogP contribution is 2.32. The highest BCUT2D eigenvalue weighted by molar-refractivity contribution is 7.99. The minimum atomic E-state index is -0.646. The Morgan fingerprint density at radius 1 is 1.39 bits per heavy atom. The van der Waals surface area contributed by atoms with Crippen LogP contribution < -0.4 is 16.4 Å². The number of urea groups is 1. The summed E-state index contributed by atoms with van der Waals surface area (Å²) < 4.78 is 4.22. The van der Waals surface area contributed by atoms with Crippen LogP contribution in [0, 0.1) is 0 Å². The fourth-order valence-electron chi connectivity index (χ4n) is 1.76. The van der Waals surface area contributed by atoms with Gasteiger partial charge in [0.1, 0.15) is 15.6 Å². The van der Waals surface area contributed by atoms with E-state index in [2.05, 4.69) is 21.9 Å². The molecule has 9 heteroatoms. The molecule has 5 N–H and O–H groups in total. The van der Waals surface area contributed by atoms with Crippen LogP contribution in [0.1, 0.15) is 49.9 Å². The average Bonchev–Trinajstić information content (AvgIpc) is 2.87. The predicted octanol–water partition coefficient (Wildman–Crippen LogP) is 2.42. The number of nitrogens with two attached hydrogens (primary N) is 1. The lowest BCUT2D eigenvalue weighted by Gasteiger charge is -2.08. The summed E-state index contributed by atoms with van der Waals surface area (Å²) in [6, 6.07) is -0.503. The van der Waals surface area contributed by atoms with E-state index in [4.69, 9.17) is 10.8 Å². The number of carbonyl (C=O) groups is 2. The molecule has 0 saturated heterocycles.